The van der Waals surface area contributed by atoms with Crippen molar-refractivity contribution in [3.63, 3.8) is 0 Å². The summed E-state index contributed by atoms with van der Waals surface area (Å²) in [6.07, 6.45) is 5.51. The molecule has 0 atom stereocenters. The zero-order chi connectivity index (χ0) is 16.8. The van der Waals surface area contributed by atoms with Gasteiger partial charge in [-0.1, -0.05) is 6.07 Å². The molecule has 0 N–H and O–H groups in total. The number of rotatable bonds is 2. The average molecular weight is 330 g/mol. The lowest BCUT2D eigenvalue weighted by Gasteiger charge is -2.07. The van der Waals surface area contributed by atoms with E-state index in [1.165, 1.54) is 17.8 Å². The van der Waals surface area contributed by atoms with Crippen LogP contribution in [0.15, 0.2) is 54.9 Å². The van der Waals surface area contributed by atoms with Crippen LogP contribution >= 0.6 is 0 Å². The predicted octanol–water partition coefficient (Wildman–Crippen LogP) is 4.25. The van der Waals surface area contributed by atoms with Crippen molar-refractivity contribution in [2.24, 2.45) is 0 Å². The van der Waals surface area contributed by atoms with E-state index in [4.69, 9.17) is 5.10 Å². The summed E-state index contributed by atoms with van der Waals surface area (Å²) in [5.41, 5.74) is 7.01. The van der Waals surface area contributed by atoms with Gasteiger partial charge in [0.2, 0.25) is 0 Å². The number of aryl methyl sites for hydroxylation is 1. The molecular weight excluding hydrogens is 315 g/mol. The molecule has 0 saturated carbocycles. The van der Waals surface area contributed by atoms with E-state index in [1.807, 2.05) is 6.07 Å². The molecule has 4 aromatic rings. The number of fused-ring (bicyclic) bond motifs is 2. The van der Waals surface area contributed by atoms with E-state index in [2.05, 4.69) is 26.8 Å². The summed E-state index contributed by atoms with van der Waals surface area (Å²) in [5, 5.41) is 4.81. The molecular formula is C20H15FN4. The van der Waals surface area contributed by atoms with Gasteiger partial charge >= 0.3 is 0 Å². The molecule has 3 heterocycles. The van der Waals surface area contributed by atoms with Crippen LogP contribution in [0.4, 0.5) is 4.39 Å². The molecule has 2 aromatic carbocycles. The molecule has 122 valence electrons. The number of aromatic nitrogens is 4. The second-order valence-corrected chi connectivity index (χ2v) is 6.26. The van der Waals surface area contributed by atoms with Gasteiger partial charge in [0.05, 0.1) is 11.0 Å². The topological polar surface area (TPSA) is 43.6 Å². The molecule has 4 nitrogen and oxygen atoms in total. The first kappa shape index (κ1) is 14.3. The van der Waals surface area contributed by atoms with Crippen molar-refractivity contribution in [2.75, 3.05) is 0 Å². The molecule has 2 aromatic heterocycles. The average Bonchev–Trinajstić information content (AvgIpc) is 3.23. The number of nitrogens with zero attached hydrogens (tertiary/aromatic N) is 4. The number of hydrogen-bond acceptors (Lipinski definition) is 3. The van der Waals surface area contributed by atoms with Crippen molar-refractivity contribution in [3.05, 3.63) is 66.4 Å². The summed E-state index contributed by atoms with van der Waals surface area (Å²) in [6.45, 7) is 0.927. The third-order valence-corrected chi connectivity index (χ3v) is 4.72. The normalized spacial score (nSPS) is 13.3. The minimum absolute atomic E-state index is 0.238. The Kier molecular flexibility index (Phi) is 3.13. The standard InChI is InChI=1S/C20H15FN4/c21-15-6-3-13(4-7-15)20-19(18-2-1-11-25(18)24-20)14-5-8-16-17(12-14)23-10-9-22-16/h3-10,12H,1-2,11H2. The van der Waals surface area contributed by atoms with Gasteiger partial charge < -0.3 is 0 Å². The maximum absolute atomic E-state index is 13.3. The van der Waals surface area contributed by atoms with Crippen LogP contribution in [0.25, 0.3) is 33.4 Å². The molecule has 0 bridgehead atoms. The summed E-state index contributed by atoms with van der Waals surface area (Å²) in [7, 11) is 0. The fraction of sp³-hybridized carbons (Fsp3) is 0.150. The third-order valence-electron chi connectivity index (χ3n) is 4.72. The Bertz CT molecular complexity index is 1080. The molecule has 0 aliphatic carbocycles. The van der Waals surface area contributed by atoms with Gasteiger partial charge in [0, 0.05) is 35.8 Å². The van der Waals surface area contributed by atoms with Crippen molar-refractivity contribution in [3.8, 4) is 22.4 Å². The van der Waals surface area contributed by atoms with Crippen molar-refractivity contribution in [1.82, 2.24) is 19.7 Å². The first-order chi connectivity index (χ1) is 12.3. The smallest absolute Gasteiger partial charge is 0.123 e. The largest absolute Gasteiger partial charge is 0.268 e. The van der Waals surface area contributed by atoms with E-state index in [1.54, 1.807) is 24.5 Å². The summed E-state index contributed by atoms with van der Waals surface area (Å²) in [6, 6.07) is 12.7. The highest BCUT2D eigenvalue weighted by molar-refractivity contribution is 5.88. The fourth-order valence-corrected chi connectivity index (χ4v) is 3.56. The lowest BCUT2D eigenvalue weighted by atomic mass is 9.97. The van der Waals surface area contributed by atoms with Crippen LogP contribution in [0, 0.1) is 5.82 Å². The Morgan fingerprint density at radius 1 is 0.880 bits per heavy atom. The van der Waals surface area contributed by atoms with Crippen LogP contribution < -0.4 is 0 Å². The molecule has 5 rings (SSSR count). The van der Waals surface area contributed by atoms with Crippen LogP contribution in [0.3, 0.4) is 0 Å². The van der Waals surface area contributed by atoms with Gasteiger partial charge in [-0.25, -0.2) is 4.39 Å². The number of hydrogen-bond donors (Lipinski definition) is 0. The highest BCUT2D eigenvalue weighted by Gasteiger charge is 2.24. The van der Waals surface area contributed by atoms with E-state index in [0.29, 0.717) is 0 Å². The fourth-order valence-electron chi connectivity index (χ4n) is 3.56. The molecule has 0 saturated heterocycles. The van der Waals surface area contributed by atoms with Gasteiger partial charge in [0.1, 0.15) is 11.5 Å². The van der Waals surface area contributed by atoms with Crippen LogP contribution in [0.1, 0.15) is 12.1 Å². The van der Waals surface area contributed by atoms with Gasteiger partial charge in [-0.15, -0.1) is 0 Å². The summed E-state index contributed by atoms with van der Waals surface area (Å²) < 4.78 is 15.4. The van der Waals surface area contributed by atoms with Crippen molar-refractivity contribution < 1.29 is 4.39 Å². The minimum atomic E-state index is -0.238. The van der Waals surface area contributed by atoms with Crippen molar-refractivity contribution in [2.45, 2.75) is 19.4 Å². The zero-order valence-electron chi connectivity index (χ0n) is 13.5. The molecule has 0 unspecified atom stereocenters. The Hall–Kier alpha value is -3.08. The van der Waals surface area contributed by atoms with E-state index in [0.717, 1.165) is 52.8 Å². The van der Waals surface area contributed by atoms with Gasteiger partial charge in [-0.2, -0.15) is 5.10 Å². The van der Waals surface area contributed by atoms with Crippen LogP contribution in [-0.4, -0.2) is 19.7 Å². The molecule has 0 radical (unpaired) electrons. The molecule has 1 aliphatic heterocycles. The lowest BCUT2D eigenvalue weighted by Crippen LogP contribution is -1.94. The Balaban J connectivity index is 1.75. The SMILES string of the molecule is Fc1ccc(-c2nn3c(c2-c2ccc4nccnc4c2)CCC3)cc1. The highest BCUT2D eigenvalue weighted by Crippen LogP contribution is 2.38. The lowest BCUT2D eigenvalue weighted by molar-refractivity contribution is 0.628. The van der Waals surface area contributed by atoms with Crippen molar-refractivity contribution >= 4 is 11.0 Å². The minimum Gasteiger partial charge on any atom is -0.268 e. The van der Waals surface area contributed by atoms with Crippen LogP contribution in [0.5, 0.6) is 0 Å². The molecule has 0 spiro atoms. The number of halogens is 1. The number of benzene rings is 2. The van der Waals surface area contributed by atoms with Crippen LogP contribution in [0.2, 0.25) is 0 Å². The summed E-state index contributed by atoms with van der Waals surface area (Å²) >= 11 is 0. The van der Waals surface area contributed by atoms with Crippen LogP contribution in [-0.2, 0) is 13.0 Å². The van der Waals surface area contributed by atoms with Gasteiger partial charge in [-0.3, -0.25) is 14.6 Å². The van der Waals surface area contributed by atoms with E-state index in [9.17, 15) is 4.39 Å². The Morgan fingerprint density at radius 3 is 2.48 bits per heavy atom. The van der Waals surface area contributed by atoms with Gasteiger partial charge in [0.25, 0.3) is 0 Å². The predicted molar refractivity (Wildman–Crippen MR) is 94.5 cm³/mol. The first-order valence-corrected chi connectivity index (χ1v) is 8.36. The second kappa shape index (κ2) is 5.48. The van der Waals surface area contributed by atoms with Gasteiger partial charge in [-0.05, 0) is 54.8 Å². The zero-order valence-corrected chi connectivity index (χ0v) is 13.5. The third kappa shape index (κ3) is 2.31. The summed E-state index contributed by atoms with van der Waals surface area (Å²) in [4.78, 5) is 8.76. The van der Waals surface area contributed by atoms with Crippen molar-refractivity contribution in [1.29, 1.82) is 0 Å². The van der Waals surface area contributed by atoms with E-state index >= 15 is 0 Å². The monoisotopic (exact) mass is 330 g/mol. The van der Waals surface area contributed by atoms with E-state index < -0.39 is 0 Å². The Morgan fingerprint density at radius 2 is 1.64 bits per heavy atom. The maximum Gasteiger partial charge on any atom is 0.123 e. The van der Waals surface area contributed by atoms with Gasteiger partial charge in [0.15, 0.2) is 0 Å². The van der Waals surface area contributed by atoms with E-state index in [-0.39, 0.29) is 5.82 Å². The highest BCUT2D eigenvalue weighted by atomic mass is 19.1. The summed E-state index contributed by atoms with van der Waals surface area (Å²) in [5.74, 6) is -0.238. The quantitative estimate of drug-likeness (QED) is 0.552. The molecule has 1 aliphatic rings. The molecule has 0 amide bonds. The maximum atomic E-state index is 13.3. The molecule has 0 fully saturated rings. The second-order valence-electron chi connectivity index (χ2n) is 6.26. The molecule has 5 heteroatoms. The Labute approximate surface area is 144 Å². The molecule has 25 heavy (non-hydrogen) atoms. The first-order valence-electron chi connectivity index (χ1n) is 8.36.